The number of hydrogen-bond donors (Lipinski definition) is 0. The highest BCUT2D eigenvalue weighted by molar-refractivity contribution is 9.10. The smallest absolute Gasteiger partial charge is 0.136 e. The van der Waals surface area contributed by atoms with Crippen molar-refractivity contribution in [3.8, 4) is 0 Å². The molecule has 0 saturated heterocycles. The van der Waals surface area contributed by atoms with Crippen LogP contribution in [0.2, 0.25) is 0 Å². The number of halogens is 1. The molecule has 0 bridgehead atoms. The monoisotopic (exact) mass is 216 g/mol. The van der Waals surface area contributed by atoms with Gasteiger partial charge in [0.25, 0.3) is 0 Å². The van der Waals surface area contributed by atoms with E-state index in [0.717, 1.165) is 17.0 Å². The molecule has 0 aliphatic carbocycles. The summed E-state index contributed by atoms with van der Waals surface area (Å²) in [5.74, 6) is 1.01. The second-order valence-electron chi connectivity index (χ2n) is 2.75. The van der Waals surface area contributed by atoms with Crippen molar-refractivity contribution < 1.29 is 4.74 Å². The standard InChI is InChI=1S/C7H9BrN2O/c1-5-3-11-4-7-9-6(8)2-10(5)7/h2,5H,3-4H2,1H3. The van der Waals surface area contributed by atoms with Crippen LogP contribution in [0, 0.1) is 0 Å². The van der Waals surface area contributed by atoms with E-state index >= 15 is 0 Å². The van der Waals surface area contributed by atoms with Crippen molar-refractivity contribution in [3.63, 3.8) is 0 Å². The molecule has 0 N–H and O–H groups in total. The highest BCUT2D eigenvalue weighted by Crippen LogP contribution is 2.20. The van der Waals surface area contributed by atoms with Gasteiger partial charge < -0.3 is 9.30 Å². The van der Waals surface area contributed by atoms with Crippen LogP contribution in [-0.4, -0.2) is 16.2 Å². The number of rotatable bonds is 0. The predicted octanol–water partition coefficient (Wildman–Crippen LogP) is 1.74. The van der Waals surface area contributed by atoms with Crippen molar-refractivity contribution in [1.29, 1.82) is 0 Å². The van der Waals surface area contributed by atoms with E-state index in [1.807, 2.05) is 6.20 Å². The number of hydrogen-bond acceptors (Lipinski definition) is 2. The van der Waals surface area contributed by atoms with Gasteiger partial charge in [-0.3, -0.25) is 0 Å². The molecule has 0 saturated carbocycles. The van der Waals surface area contributed by atoms with E-state index in [2.05, 4.69) is 32.4 Å². The van der Waals surface area contributed by atoms with Crippen molar-refractivity contribution in [2.45, 2.75) is 19.6 Å². The zero-order chi connectivity index (χ0) is 7.84. The molecule has 0 fully saturated rings. The Hall–Kier alpha value is -0.350. The summed E-state index contributed by atoms with van der Waals surface area (Å²) in [5, 5.41) is 0. The molecule has 0 amide bonds. The Morgan fingerprint density at radius 2 is 2.64 bits per heavy atom. The van der Waals surface area contributed by atoms with Gasteiger partial charge in [0.15, 0.2) is 0 Å². The number of imidazole rings is 1. The van der Waals surface area contributed by atoms with Gasteiger partial charge in [0.05, 0.1) is 12.6 Å². The third-order valence-corrected chi connectivity index (χ3v) is 2.23. The lowest BCUT2D eigenvalue weighted by molar-refractivity contribution is 0.0603. The molecule has 11 heavy (non-hydrogen) atoms. The molecule has 1 atom stereocenters. The van der Waals surface area contributed by atoms with E-state index < -0.39 is 0 Å². The highest BCUT2D eigenvalue weighted by Gasteiger charge is 2.17. The van der Waals surface area contributed by atoms with E-state index in [1.165, 1.54) is 0 Å². The Labute approximate surface area is 73.5 Å². The zero-order valence-electron chi connectivity index (χ0n) is 6.25. The van der Waals surface area contributed by atoms with Crippen LogP contribution in [0.5, 0.6) is 0 Å². The van der Waals surface area contributed by atoms with Crippen molar-refractivity contribution in [2.75, 3.05) is 6.61 Å². The van der Waals surface area contributed by atoms with Gasteiger partial charge in [-0.2, -0.15) is 0 Å². The lowest BCUT2D eigenvalue weighted by atomic mass is 10.3. The van der Waals surface area contributed by atoms with Gasteiger partial charge in [0.2, 0.25) is 0 Å². The molecule has 2 heterocycles. The molecule has 0 aromatic carbocycles. The number of aromatic nitrogens is 2. The molecule has 60 valence electrons. The molecule has 0 radical (unpaired) electrons. The molecule has 4 heteroatoms. The highest BCUT2D eigenvalue weighted by atomic mass is 79.9. The van der Waals surface area contributed by atoms with Gasteiger partial charge in [-0.15, -0.1) is 0 Å². The summed E-state index contributed by atoms with van der Waals surface area (Å²) in [5.41, 5.74) is 0. The molecule has 2 rings (SSSR count). The fraction of sp³-hybridized carbons (Fsp3) is 0.571. The quantitative estimate of drug-likeness (QED) is 0.661. The first-order chi connectivity index (χ1) is 5.27. The number of nitrogens with zero attached hydrogens (tertiary/aromatic N) is 2. The predicted molar refractivity (Wildman–Crippen MR) is 44.3 cm³/mol. The summed E-state index contributed by atoms with van der Waals surface area (Å²) in [6.45, 7) is 3.54. The van der Waals surface area contributed by atoms with Gasteiger partial charge in [0, 0.05) is 6.20 Å². The molecule has 1 aromatic heterocycles. The largest absolute Gasteiger partial charge is 0.371 e. The SMILES string of the molecule is CC1COCc2nc(Br)cn21. The van der Waals surface area contributed by atoms with E-state index in [4.69, 9.17) is 4.74 Å². The first-order valence-corrected chi connectivity index (χ1v) is 4.37. The minimum Gasteiger partial charge on any atom is -0.371 e. The van der Waals surface area contributed by atoms with Crippen LogP contribution >= 0.6 is 15.9 Å². The average Bonchev–Trinajstić information content (AvgIpc) is 2.31. The second kappa shape index (κ2) is 2.60. The van der Waals surface area contributed by atoms with Gasteiger partial charge in [-0.05, 0) is 22.9 Å². The summed E-state index contributed by atoms with van der Waals surface area (Å²) in [6, 6.07) is 0.414. The third-order valence-electron chi connectivity index (χ3n) is 1.84. The molecule has 1 aliphatic heterocycles. The fourth-order valence-corrected chi connectivity index (χ4v) is 1.71. The van der Waals surface area contributed by atoms with Crippen molar-refractivity contribution in [3.05, 3.63) is 16.6 Å². The summed E-state index contributed by atoms with van der Waals surface area (Å²) in [4.78, 5) is 4.26. The van der Waals surface area contributed by atoms with Crippen LogP contribution in [-0.2, 0) is 11.3 Å². The average molecular weight is 217 g/mol. The lowest BCUT2D eigenvalue weighted by Gasteiger charge is -2.21. The maximum absolute atomic E-state index is 5.32. The maximum atomic E-state index is 5.32. The third kappa shape index (κ3) is 1.20. The minimum atomic E-state index is 0.414. The molecule has 0 spiro atoms. The van der Waals surface area contributed by atoms with Crippen molar-refractivity contribution >= 4 is 15.9 Å². The normalized spacial score (nSPS) is 23.3. The topological polar surface area (TPSA) is 27.1 Å². The Bertz CT molecular complexity index is 271. The van der Waals surface area contributed by atoms with Gasteiger partial charge in [-0.25, -0.2) is 4.98 Å². The summed E-state index contributed by atoms with van der Waals surface area (Å²) >= 11 is 3.33. The van der Waals surface area contributed by atoms with Crippen LogP contribution in [0.15, 0.2) is 10.8 Å². The Morgan fingerprint density at radius 3 is 3.36 bits per heavy atom. The van der Waals surface area contributed by atoms with Gasteiger partial charge >= 0.3 is 0 Å². The van der Waals surface area contributed by atoms with Crippen LogP contribution in [0.4, 0.5) is 0 Å². The summed E-state index contributed by atoms with van der Waals surface area (Å²) in [6.07, 6.45) is 2.00. The molecule has 1 unspecified atom stereocenters. The first-order valence-electron chi connectivity index (χ1n) is 3.58. The van der Waals surface area contributed by atoms with Crippen LogP contribution < -0.4 is 0 Å². The summed E-state index contributed by atoms with van der Waals surface area (Å²) < 4.78 is 8.36. The van der Waals surface area contributed by atoms with Crippen molar-refractivity contribution in [1.82, 2.24) is 9.55 Å². The molecular formula is C7H9BrN2O. The maximum Gasteiger partial charge on any atom is 0.136 e. The first kappa shape index (κ1) is 7.31. The van der Waals surface area contributed by atoms with Crippen molar-refractivity contribution in [2.24, 2.45) is 0 Å². The molecule has 1 aromatic rings. The molecule has 1 aliphatic rings. The zero-order valence-corrected chi connectivity index (χ0v) is 7.84. The lowest BCUT2D eigenvalue weighted by Crippen LogP contribution is -2.20. The molecular weight excluding hydrogens is 208 g/mol. The fourth-order valence-electron chi connectivity index (χ4n) is 1.29. The van der Waals surface area contributed by atoms with E-state index in [-0.39, 0.29) is 0 Å². The Morgan fingerprint density at radius 1 is 1.82 bits per heavy atom. The van der Waals surface area contributed by atoms with Gasteiger partial charge in [-0.1, -0.05) is 0 Å². The van der Waals surface area contributed by atoms with E-state index in [0.29, 0.717) is 12.6 Å². The Balaban J connectivity index is 2.43. The van der Waals surface area contributed by atoms with Crippen LogP contribution in [0.25, 0.3) is 0 Å². The number of fused-ring (bicyclic) bond motifs is 1. The van der Waals surface area contributed by atoms with Crippen LogP contribution in [0.1, 0.15) is 18.8 Å². The van der Waals surface area contributed by atoms with Gasteiger partial charge in [0.1, 0.15) is 17.0 Å². The number of ether oxygens (including phenoxy) is 1. The second-order valence-corrected chi connectivity index (χ2v) is 3.56. The van der Waals surface area contributed by atoms with E-state index in [1.54, 1.807) is 0 Å². The molecule has 3 nitrogen and oxygen atoms in total. The summed E-state index contributed by atoms with van der Waals surface area (Å²) in [7, 11) is 0. The minimum absolute atomic E-state index is 0.414. The van der Waals surface area contributed by atoms with E-state index in [9.17, 15) is 0 Å². The van der Waals surface area contributed by atoms with Crippen LogP contribution in [0.3, 0.4) is 0 Å². The Kier molecular flexibility index (Phi) is 1.73.